The molecule has 0 amide bonds. The number of allylic oxidation sites excluding steroid dienone is 4. The molecule has 0 aliphatic heterocycles. The molecule has 2 atom stereocenters. The zero-order valence-corrected chi connectivity index (χ0v) is 33.6. The van der Waals surface area contributed by atoms with Crippen LogP contribution in [0.3, 0.4) is 0 Å². The van der Waals surface area contributed by atoms with Gasteiger partial charge in [0.2, 0.25) is 0 Å². The molecule has 0 aromatic carbocycles. The van der Waals surface area contributed by atoms with Crippen molar-refractivity contribution in [2.45, 2.75) is 174 Å². The number of phosphoric ester groups is 1. The maximum Gasteiger partial charge on any atom is 0.472 e. The fourth-order valence-corrected chi connectivity index (χ4v) is 6.07. The number of quaternary nitrogens is 1. The molecule has 0 aliphatic carbocycles. The predicted octanol–water partition coefficient (Wildman–Crippen LogP) is 11.3. The van der Waals surface area contributed by atoms with Crippen molar-refractivity contribution in [2.75, 3.05) is 54.1 Å². The second-order valence-electron chi connectivity index (χ2n) is 14.7. The fraction of sp³-hybridized carbons (Fsp3) is 0.875. The molecule has 0 fully saturated rings. The average Bonchev–Trinajstić information content (AvgIpc) is 3.04. The molecule has 0 bridgehead atoms. The van der Waals surface area contributed by atoms with E-state index in [-0.39, 0.29) is 25.8 Å². The monoisotopic (exact) mass is 717 g/mol. The summed E-state index contributed by atoms with van der Waals surface area (Å²) in [5, 5.41) is 0. The van der Waals surface area contributed by atoms with Gasteiger partial charge in [-0.2, -0.15) is 0 Å². The van der Waals surface area contributed by atoms with Crippen LogP contribution in [-0.4, -0.2) is 75.6 Å². The van der Waals surface area contributed by atoms with Gasteiger partial charge in [0.25, 0.3) is 0 Å². The van der Waals surface area contributed by atoms with Crippen LogP contribution in [0.2, 0.25) is 0 Å². The van der Waals surface area contributed by atoms with Gasteiger partial charge in [-0.05, 0) is 38.5 Å². The molecule has 0 aromatic heterocycles. The van der Waals surface area contributed by atoms with Crippen LogP contribution in [0.15, 0.2) is 24.3 Å². The summed E-state index contributed by atoms with van der Waals surface area (Å²) in [5.74, 6) is -0.327. The van der Waals surface area contributed by atoms with Gasteiger partial charge in [0.15, 0.2) is 0 Å². The largest absolute Gasteiger partial charge is 0.472 e. The summed E-state index contributed by atoms with van der Waals surface area (Å²) in [4.78, 5) is 22.8. The minimum absolute atomic E-state index is 0.0873. The van der Waals surface area contributed by atoms with Crippen molar-refractivity contribution < 1.29 is 37.3 Å². The van der Waals surface area contributed by atoms with Crippen molar-refractivity contribution in [3.05, 3.63) is 24.3 Å². The van der Waals surface area contributed by atoms with E-state index in [1.165, 1.54) is 89.9 Å². The Morgan fingerprint density at radius 2 is 1.14 bits per heavy atom. The molecular weight excluding hydrogens is 637 g/mol. The molecule has 0 rings (SSSR count). The summed E-state index contributed by atoms with van der Waals surface area (Å²) in [7, 11) is 1.66. The van der Waals surface area contributed by atoms with Gasteiger partial charge in [-0.25, -0.2) is 4.57 Å². The van der Waals surface area contributed by atoms with E-state index < -0.39 is 13.9 Å². The standard InChI is InChI=1S/C40H78NO7P/c1-6-8-10-12-14-16-18-20-21-23-25-27-29-31-33-40(42)48-39(38-47-49(43,44)46-36-34-41(3,4)5)37-45-35-32-30-28-26-24-22-19-17-15-13-11-9-7-2/h12,14,18,20,39H,6-11,13,15-17,19,21-38H2,1-5H3/p+1/b14-12-,20-18-. The Bertz CT molecular complexity index is 843. The third-order valence-electron chi connectivity index (χ3n) is 8.52. The summed E-state index contributed by atoms with van der Waals surface area (Å²) in [6.07, 6.45) is 36.2. The quantitative estimate of drug-likeness (QED) is 0.0225. The molecular formula is C40H79NO7P+. The van der Waals surface area contributed by atoms with E-state index >= 15 is 0 Å². The maximum atomic E-state index is 12.6. The van der Waals surface area contributed by atoms with Gasteiger partial charge in [-0.1, -0.05) is 147 Å². The molecule has 290 valence electrons. The number of likely N-dealkylation sites (N-methyl/N-ethyl adjacent to an activating group) is 1. The number of rotatable bonds is 37. The number of carbonyl (C=O) groups excluding carboxylic acids is 1. The SMILES string of the molecule is CCCC/C=C\C/C=C\CCCCCCCC(=O)OC(COCCCCCCCCCCCCCCC)COP(=O)(O)OCC[N+](C)(C)C. The zero-order valence-electron chi connectivity index (χ0n) is 32.7. The van der Waals surface area contributed by atoms with Gasteiger partial charge < -0.3 is 18.9 Å². The summed E-state index contributed by atoms with van der Waals surface area (Å²) in [5.41, 5.74) is 0. The summed E-state index contributed by atoms with van der Waals surface area (Å²) in [6.45, 7) is 5.57. The highest BCUT2D eigenvalue weighted by Crippen LogP contribution is 2.43. The lowest BCUT2D eigenvalue weighted by Gasteiger charge is -2.24. The first-order valence-electron chi connectivity index (χ1n) is 20.1. The van der Waals surface area contributed by atoms with Gasteiger partial charge >= 0.3 is 13.8 Å². The molecule has 49 heavy (non-hydrogen) atoms. The molecule has 8 nitrogen and oxygen atoms in total. The van der Waals surface area contributed by atoms with Crippen LogP contribution in [0.25, 0.3) is 0 Å². The molecule has 0 radical (unpaired) electrons. The van der Waals surface area contributed by atoms with Crippen LogP contribution in [0.5, 0.6) is 0 Å². The summed E-state index contributed by atoms with van der Waals surface area (Å²) < 4.78 is 34.9. The zero-order chi connectivity index (χ0) is 36.3. The van der Waals surface area contributed by atoms with E-state index in [4.69, 9.17) is 18.5 Å². The van der Waals surface area contributed by atoms with Gasteiger partial charge in [0, 0.05) is 13.0 Å². The van der Waals surface area contributed by atoms with Crippen molar-refractivity contribution in [3.8, 4) is 0 Å². The lowest BCUT2D eigenvalue weighted by Crippen LogP contribution is -2.37. The lowest BCUT2D eigenvalue weighted by atomic mass is 10.0. The van der Waals surface area contributed by atoms with Crippen molar-refractivity contribution in [2.24, 2.45) is 0 Å². The van der Waals surface area contributed by atoms with E-state index in [0.717, 1.165) is 57.8 Å². The number of carbonyl (C=O) groups is 1. The molecule has 0 spiro atoms. The van der Waals surface area contributed by atoms with Crippen molar-refractivity contribution in [1.29, 1.82) is 0 Å². The third-order valence-corrected chi connectivity index (χ3v) is 9.50. The number of esters is 1. The Balaban J connectivity index is 4.30. The Labute approximate surface area is 303 Å². The molecule has 0 saturated carbocycles. The van der Waals surface area contributed by atoms with Crippen LogP contribution < -0.4 is 0 Å². The molecule has 9 heteroatoms. The number of phosphoric acid groups is 1. The topological polar surface area (TPSA) is 91.3 Å². The van der Waals surface area contributed by atoms with Crippen molar-refractivity contribution in [3.63, 3.8) is 0 Å². The van der Waals surface area contributed by atoms with Gasteiger partial charge in [-0.15, -0.1) is 0 Å². The molecule has 1 N–H and O–H groups in total. The second-order valence-corrected chi connectivity index (χ2v) is 16.1. The number of ether oxygens (including phenoxy) is 2. The Morgan fingerprint density at radius 3 is 1.71 bits per heavy atom. The smallest absolute Gasteiger partial charge is 0.457 e. The maximum absolute atomic E-state index is 12.6. The summed E-state index contributed by atoms with van der Waals surface area (Å²) >= 11 is 0. The van der Waals surface area contributed by atoms with Crippen LogP contribution in [0, 0.1) is 0 Å². The summed E-state index contributed by atoms with van der Waals surface area (Å²) in [6, 6.07) is 0. The fourth-order valence-electron chi connectivity index (χ4n) is 5.33. The molecule has 2 unspecified atom stereocenters. The van der Waals surface area contributed by atoms with E-state index in [2.05, 4.69) is 38.2 Å². The second kappa shape index (κ2) is 34.1. The highest BCUT2D eigenvalue weighted by atomic mass is 31.2. The normalized spacial score (nSPS) is 14.2. The average molecular weight is 717 g/mol. The first-order chi connectivity index (χ1) is 23.6. The van der Waals surface area contributed by atoms with E-state index in [9.17, 15) is 14.3 Å². The Morgan fingerprint density at radius 1 is 0.633 bits per heavy atom. The Kier molecular flexibility index (Phi) is 33.4. The number of nitrogens with zero attached hydrogens (tertiary/aromatic N) is 1. The van der Waals surface area contributed by atoms with Crippen LogP contribution in [0.4, 0.5) is 0 Å². The molecule has 0 aliphatic rings. The highest BCUT2D eigenvalue weighted by Gasteiger charge is 2.26. The van der Waals surface area contributed by atoms with Gasteiger partial charge in [0.05, 0.1) is 34.4 Å². The van der Waals surface area contributed by atoms with E-state index in [1.54, 1.807) is 0 Å². The third kappa shape index (κ3) is 38.1. The van der Waals surface area contributed by atoms with Crippen molar-refractivity contribution >= 4 is 13.8 Å². The molecule has 0 saturated heterocycles. The number of hydrogen-bond donors (Lipinski definition) is 1. The first kappa shape index (κ1) is 48.0. The Hall–Kier alpha value is -1.02. The number of hydrogen-bond acceptors (Lipinski definition) is 6. The van der Waals surface area contributed by atoms with Crippen LogP contribution in [-0.2, 0) is 27.9 Å². The van der Waals surface area contributed by atoms with E-state index in [1.807, 2.05) is 21.1 Å². The van der Waals surface area contributed by atoms with Crippen molar-refractivity contribution in [1.82, 2.24) is 0 Å². The van der Waals surface area contributed by atoms with Gasteiger partial charge in [0.1, 0.15) is 19.3 Å². The number of unbranched alkanes of at least 4 members (excludes halogenated alkanes) is 19. The molecule has 0 heterocycles. The van der Waals surface area contributed by atoms with E-state index in [0.29, 0.717) is 24.1 Å². The minimum Gasteiger partial charge on any atom is -0.457 e. The van der Waals surface area contributed by atoms with Gasteiger partial charge in [-0.3, -0.25) is 13.8 Å². The highest BCUT2D eigenvalue weighted by molar-refractivity contribution is 7.47. The minimum atomic E-state index is -4.27. The van der Waals surface area contributed by atoms with Crippen LogP contribution in [0.1, 0.15) is 168 Å². The predicted molar refractivity (Wildman–Crippen MR) is 206 cm³/mol. The lowest BCUT2D eigenvalue weighted by molar-refractivity contribution is -0.870. The first-order valence-corrected chi connectivity index (χ1v) is 21.6. The molecule has 0 aromatic rings. The van der Waals surface area contributed by atoms with Crippen LogP contribution >= 0.6 is 7.82 Å².